The molecular weight excluding hydrogens is 468 g/mol. The van der Waals surface area contributed by atoms with E-state index in [1.807, 2.05) is 91.0 Å². The van der Waals surface area contributed by atoms with Gasteiger partial charge in [0.2, 0.25) is 0 Å². The molecule has 0 saturated carbocycles. The second-order valence-corrected chi connectivity index (χ2v) is 11.9. The van der Waals surface area contributed by atoms with Crippen LogP contribution in [0.25, 0.3) is 0 Å². The Labute approximate surface area is 201 Å². The molecule has 0 atom stereocenters. The third kappa shape index (κ3) is 5.39. The average molecular weight is 493 g/mol. The van der Waals surface area contributed by atoms with Crippen LogP contribution in [0.15, 0.2) is 136 Å². The van der Waals surface area contributed by atoms with Gasteiger partial charge in [0.15, 0.2) is 0 Å². The summed E-state index contributed by atoms with van der Waals surface area (Å²) in [6, 6.07) is 36.5. The quantitative estimate of drug-likeness (QED) is 0.265. The minimum absolute atomic E-state index is 0.316. The van der Waals surface area contributed by atoms with Crippen molar-refractivity contribution in [1.29, 1.82) is 0 Å². The Morgan fingerprint density at radius 1 is 0.588 bits per heavy atom. The summed E-state index contributed by atoms with van der Waals surface area (Å²) in [7, 11) is -6.72. The Hall–Kier alpha value is -3.39. The van der Waals surface area contributed by atoms with E-state index in [1.54, 1.807) is 30.3 Å². The van der Waals surface area contributed by atoms with Gasteiger partial charge in [-0.25, -0.2) is 8.42 Å². The Bertz CT molecular complexity index is 1210. The van der Waals surface area contributed by atoms with Crippen molar-refractivity contribution in [2.75, 3.05) is 12.4 Å². The van der Waals surface area contributed by atoms with Crippen LogP contribution in [-0.2, 0) is 18.5 Å². The molecule has 4 aromatic carbocycles. The molecular formula is C27H24O5S2. The fourth-order valence-corrected chi connectivity index (χ4v) is 8.63. The van der Waals surface area contributed by atoms with Gasteiger partial charge in [-0.05, 0) is 58.8 Å². The minimum atomic E-state index is -4.10. The first kappa shape index (κ1) is 23.8. The number of carbonyl (C=O) groups excluding carboxylic acids is 1. The van der Waals surface area contributed by atoms with E-state index in [2.05, 4.69) is 0 Å². The van der Waals surface area contributed by atoms with Gasteiger partial charge < -0.3 is 4.74 Å². The smallest absolute Gasteiger partial charge is 0.338 e. The molecule has 4 rings (SSSR count). The molecule has 0 radical (unpaired) electrons. The number of carbonyl (C=O) groups is 1. The van der Waals surface area contributed by atoms with Gasteiger partial charge in [-0.3, -0.25) is 0 Å². The SMILES string of the molecule is O=C(OCCS(=O)(=O)OS(c1ccccc1)(c1ccccc1)c1ccccc1)c1ccccc1. The van der Waals surface area contributed by atoms with Crippen molar-refractivity contribution in [3.63, 3.8) is 0 Å². The lowest BCUT2D eigenvalue weighted by Gasteiger charge is -2.39. The number of hydrogen-bond acceptors (Lipinski definition) is 5. The molecule has 7 heteroatoms. The van der Waals surface area contributed by atoms with E-state index in [4.69, 9.17) is 8.37 Å². The lowest BCUT2D eigenvalue weighted by molar-refractivity contribution is 0.0528. The molecule has 5 nitrogen and oxygen atoms in total. The lowest BCUT2D eigenvalue weighted by Crippen LogP contribution is -2.20. The molecule has 0 unspecified atom stereocenters. The van der Waals surface area contributed by atoms with Gasteiger partial charge in [0.25, 0.3) is 10.1 Å². The van der Waals surface area contributed by atoms with E-state index in [1.165, 1.54) is 0 Å². The van der Waals surface area contributed by atoms with Crippen molar-refractivity contribution in [3.05, 3.63) is 127 Å². The topological polar surface area (TPSA) is 69.7 Å². The maximum absolute atomic E-state index is 13.3. The number of benzene rings is 4. The van der Waals surface area contributed by atoms with Crippen LogP contribution in [0.5, 0.6) is 0 Å². The summed E-state index contributed by atoms with van der Waals surface area (Å²) in [6.07, 6.45) is 0. The van der Waals surface area contributed by atoms with Crippen molar-refractivity contribution in [3.8, 4) is 0 Å². The van der Waals surface area contributed by atoms with Crippen molar-refractivity contribution in [1.82, 2.24) is 0 Å². The fraction of sp³-hybridized carbons (Fsp3) is 0.0741. The standard InChI is InChI=1S/C27H24O5S2/c28-27(23-13-5-1-6-14-23)31-21-22-33(29,30)32-34(24-15-7-2-8-16-24,25-17-9-3-10-18-25)26-19-11-4-12-20-26/h1-20H,21-22H2. The molecule has 4 aromatic rings. The van der Waals surface area contributed by atoms with Crippen LogP contribution in [0, 0.1) is 0 Å². The summed E-state index contributed by atoms with van der Waals surface area (Å²) < 4.78 is 37.9. The molecule has 34 heavy (non-hydrogen) atoms. The minimum Gasteiger partial charge on any atom is -0.461 e. The van der Waals surface area contributed by atoms with Crippen molar-refractivity contribution in [2.45, 2.75) is 14.7 Å². The first-order valence-corrected chi connectivity index (χ1v) is 13.8. The van der Waals surface area contributed by atoms with E-state index in [0.717, 1.165) is 14.7 Å². The monoisotopic (exact) mass is 492 g/mol. The van der Waals surface area contributed by atoms with Crippen LogP contribution in [0.1, 0.15) is 10.4 Å². The summed E-state index contributed by atoms with van der Waals surface area (Å²) >= 11 is 0. The highest BCUT2D eigenvalue weighted by Crippen LogP contribution is 2.69. The number of rotatable bonds is 9. The Balaban J connectivity index is 1.67. The summed E-state index contributed by atoms with van der Waals surface area (Å²) in [6.45, 7) is -0.316. The van der Waals surface area contributed by atoms with Crippen molar-refractivity contribution >= 4 is 26.4 Å². The van der Waals surface area contributed by atoms with Crippen LogP contribution in [-0.4, -0.2) is 26.7 Å². The van der Waals surface area contributed by atoms with Gasteiger partial charge in [-0.15, -0.1) is 0 Å². The second kappa shape index (κ2) is 10.7. The summed E-state index contributed by atoms with van der Waals surface area (Å²) in [5.74, 6) is -1.05. The zero-order valence-electron chi connectivity index (χ0n) is 18.3. The average Bonchev–Trinajstić information content (AvgIpc) is 2.89. The summed E-state index contributed by atoms with van der Waals surface area (Å²) in [4.78, 5) is 14.5. The van der Waals surface area contributed by atoms with Crippen molar-refractivity contribution in [2.24, 2.45) is 0 Å². The molecule has 0 aromatic heterocycles. The van der Waals surface area contributed by atoms with Gasteiger partial charge in [-0.1, -0.05) is 72.8 Å². The van der Waals surface area contributed by atoms with E-state index in [0.29, 0.717) is 5.56 Å². The van der Waals surface area contributed by atoms with Crippen LogP contribution < -0.4 is 0 Å². The Kier molecular flexibility index (Phi) is 7.47. The highest BCUT2D eigenvalue weighted by Gasteiger charge is 2.37. The highest BCUT2D eigenvalue weighted by molar-refractivity contribution is 8.33. The zero-order chi connectivity index (χ0) is 23.9. The highest BCUT2D eigenvalue weighted by atomic mass is 32.3. The van der Waals surface area contributed by atoms with Gasteiger partial charge >= 0.3 is 5.97 Å². The van der Waals surface area contributed by atoms with Crippen LogP contribution in [0.3, 0.4) is 0 Å². The van der Waals surface area contributed by atoms with Crippen LogP contribution in [0.2, 0.25) is 0 Å². The molecule has 0 heterocycles. The summed E-state index contributed by atoms with van der Waals surface area (Å²) in [5.41, 5.74) is 0.360. The number of esters is 1. The molecule has 174 valence electrons. The summed E-state index contributed by atoms with van der Waals surface area (Å²) in [5, 5.41) is 0. The molecule has 0 saturated heterocycles. The van der Waals surface area contributed by atoms with Gasteiger partial charge in [0.05, 0.1) is 5.56 Å². The molecule has 0 aliphatic rings. The first-order chi connectivity index (χ1) is 16.5. The predicted octanol–water partition coefficient (Wildman–Crippen LogP) is 6.09. The molecule has 0 N–H and O–H groups in total. The second-order valence-electron chi connectivity index (χ2n) is 7.33. The van der Waals surface area contributed by atoms with Crippen LogP contribution in [0.4, 0.5) is 0 Å². The maximum atomic E-state index is 13.3. The molecule has 0 fully saturated rings. The van der Waals surface area contributed by atoms with E-state index >= 15 is 0 Å². The van der Waals surface area contributed by atoms with Crippen LogP contribution >= 0.6 is 10.3 Å². The normalized spacial score (nSPS) is 12.1. The Morgan fingerprint density at radius 2 is 0.971 bits per heavy atom. The van der Waals surface area contributed by atoms with E-state index in [9.17, 15) is 13.2 Å². The molecule has 0 aliphatic carbocycles. The predicted molar refractivity (Wildman–Crippen MR) is 133 cm³/mol. The Morgan fingerprint density at radius 3 is 1.38 bits per heavy atom. The molecule has 0 aliphatic heterocycles. The number of hydrogen-bond donors (Lipinski definition) is 0. The largest absolute Gasteiger partial charge is 0.461 e. The van der Waals surface area contributed by atoms with Gasteiger partial charge in [0.1, 0.15) is 12.4 Å². The molecule has 0 bridgehead atoms. The third-order valence-corrected chi connectivity index (χ3v) is 10.1. The maximum Gasteiger partial charge on any atom is 0.338 e. The van der Waals surface area contributed by atoms with Gasteiger partial charge in [0, 0.05) is 14.7 Å². The molecule has 0 amide bonds. The van der Waals surface area contributed by atoms with Gasteiger partial charge in [-0.2, -0.15) is 8.42 Å². The first-order valence-electron chi connectivity index (χ1n) is 10.7. The van der Waals surface area contributed by atoms with Crippen molar-refractivity contribution < 1.29 is 21.6 Å². The van der Waals surface area contributed by atoms with E-state index < -0.39 is 32.1 Å². The van der Waals surface area contributed by atoms with E-state index in [-0.39, 0.29) is 6.61 Å². The fourth-order valence-electron chi connectivity index (χ4n) is 3.45. The zero-order valence-corrected chi connectivity index (χ0v) is 20.0. The third-order valence-electron chi connectivity index (χ3n) is 5.01. The lowest BCUT2D eigenvalue weighted by atomic mass is 10.2. The number of ether oxygens (including phenoxy) is 1. The molecule has 0 spiro atoms.